The second-order valence-electron chi connectivity index (χ2n) is 4.31. The summed E-state index contributed by atoms with van der Waals surface area (Å²) in [5, 5.41) is 11.6. The second kappa shape index (κ2) is 6.56. The Morgan fingerprint density at radius 3 is 2.83 bits per heavy atom. The van der Waals surface area contributed by atoms with Crippen molar-refractivity contribution >= 4 is 17.4 Å². The molecule has 0 heterocycles. The van der Waals surface area contributed by atoms with Gasteiger partial charge in [-0.2, -0.15) is 0 Å². The SMILES string of the molecule is CC(C/C(N)=N/O)N(C)Cc1ccc(Cl)c(F)c1. The van der Waals surface area contributed by atoms with Crippen molar-refractivity contribution in [2.75, 3.05) is 7.05 Å². The van der Waals surface area contributed by atoms with Crippen molar-refractivity contribution < 1.29 is 9.60 Å². The van der Waals surface area contributed by atoms with E-state index in [0.717, 1.165) is 5.56 Å². The quantitative estimate of drug-likeness (QED) is 0.375. The van der Waals surface area contributed by atoms with Gasteiger partial charge in [0.1, 0.15) is 11.7 Å². The molecule has 0 saturated heterocycles. The van der Waals surface area contributed by atoms with Crippen molar-refractivity contribution in [3.8, 4) is 0 Å². The smallest absolute Gasteiger partial charge is 0.142 e. The maximum absolute atomic E-state index is 13.3. The van der Waals surface area contributed by atoms with Crippen molar-refractivity contribution in [2.24, 2.45) is 10.9 Å². The lowest BCUT2D eigenvalue weighted by Crippen LogP contribution is -2.32. The minimum absolute atomic E-state index is 0.0830. The van der Waals surface area contributed by atoms with E-state index >= 15 is 0 Å². The molecule has 0 amide bonds. The van der Waals surface area contributed by atoms with E-state index in [1.54, 1.807) is 6.07 Å². The van der Waals surface area contributed by atoms with E-state index in [1.165, 1.54) is 12.1 Å². The van der Waals surface area contributed by atoms with Gasteiger partial charge >= 0.3 is 0 Å². The number of oxime groups is 1. The number of nitrogens with two attached hydrogens (primary N) is 1. The molecule has 6 heteroatoms. The van der Waals surface area contributed by atoms with Crippen LogP contribution in [0.2, 0.25) is 5.02 Å². The predicted molar refractivity (Wildman–Crippen MR) is 70.4 cm³/mol. The van der Waals surface area contributed by atoms with Crippen molar-refractivity contribution in [2.45, 2.75) is 25.9 Å². The van der Waals surface area contributed by atoms with Gasteiger partial charge in [-0.3, -0.25) is 4.90 Å². The standard InChI is InChI=1S/C12H17ClFN3O/c1-8(5-12(15)16-18)17(2)7-9-3-4-10(13)11(14)6-9/h3-4,6,8,18H,5,7H2,1-2H3,(H2,15,16). The van der Waals surface area contributed by atoms with Crippen LogP contribution in [-0.2, 0) is 6.54 Å². The summed E-state index contributed by atoms with van der Waals surface area (Å²) in [5.41, 5.74) is 6.27. The highest BCUT2D eigenvalue weighted by Crippen LogP contribution is 2.17. The first-order valence-corrected chi connectivity index (χ1v) is 5.92. The lowest BCUT2D eigenvalue weighted by Gasteiger charge is -2.24. The fourth-order valence-electron chi connectivity index (χ4n) is 1.58. The van der Waals surface area contributed by atoms with Crippen LogP contribution in [0.5, 0.6) is 0 Å². The summed E-state index contributed by atoms with van der Waals surface area (Å²) >= 11 is 5.62. The van der Waals surface area contributed by atoms with Gasteiger partial charge in [0.25, 0.3) is 0 Å². The van der Waals surface area contributed by atoms with E-state index in [-0.39, 0.29) is 16.9 Å². The molecule has 4 nitrogen and oxygen atoms in total. The lowest BCUT2D eigenvalue weighted by molar-refractivity contribution is 0.250. The van der Waals surface area contributed by atoms with Crippen molar-refractivity contribution in [3.63, 3.8) is 0 Å². The van der Waals surface area contributed by atoms with Gasteiger partial charge in [0.05, 0.1) is 5.02 Å². The van der Waals surface area contributed by atoms with Gasteiger partial charge in [-0.05, 0) is 31.7 Å². The normalized spacial score (nSPS) is 13.9. The minimum atomic E-state index is -0.424. The summed E-state index contributed by atoms with van der Waals surface area (Å²) in [7, 11) is 1.89. The molecule has 0 fully saturated rings. The number of amidine groups is 1. The van der Waals surface area contributed by atoms with Crippen LogP contribution < -0.4 is 5.73 Å². The largest absolute Gasteiger partial charge is 0.409 e. The van der Waals surface area contributed by atoms with Gasteiger partial charge in [-0.15, -0.1) is 0 Å². The third-order valence-corrected chi connectivity index (χ3v) is 3.11. The van der Waals surface area contributed by atoms with Crippen LogP contribution in [0.15, 0.2) is 23.4 Å². The topological polar surface area (TPSA) is 61.9 Å². The van der Waals surface area contributed by atoms with E-state index < -0.39 is 5.82 Å². The highest BCUT2D eigenvalue weighted by molar-refractivity contribution is 6.30. The zero-order chi connectivity index (χ0) is 13.7. The van der Waals surface area contributed by atoms with E-state index in [1.807, 2.05) is 18.9 Å². The van der Waals surface area contributed by atoms with Crippen molar-refractivity contribution in [1.29, 1.82) is 0 Å². The van der Waals surface area contributed by atoms with Gasteiger partial charge in [0.2, 0.25) is 0 Å². The van der Waals surface area contributed by atoms with Gasteiger partial charge in [0, 0.05) is 19.0 Å². The summed E-state index contributed by atoms with van der Waals surface area (Å²) < 4.78 is 13.3. The molecule has 1 rings (SSSR count). The van der Waals surface area contributed by atoms with E-state index in [0.29, 0.717) is 13.0 Å². The Labute approximate surface area is 111 Å². The first kappa shape index (κ1) is 14.7. The number of hydrogen-bond donors (Lipinski definition) is 2. The lowest BCUT2D eigenvalue weighted by atomic mass is 10.1. The molecule has 1 atom stereocenters. The van der Waals surface area contributed by atoms with E-state index in [2.05, 4.69) is 5.16 Å². The zero-order valence-electron chi connectivity index (χ0n) is 10.4. The molecule has 100 valence electrons. The van der Waals surface area contributed by atoms with Crippen LogP contribution in [-0.4, -0.2) is 29.0 Å². The monoisotopic (exact) mass is 273 g/mol. The van der Waals surface area contributed by atoms with Crippen LogP contribution in [0.3, 0.4) is 0 Å². The third kappa shape index (κ3) is 4.16. The van der Waals surface area contributed by atoms with E-state index in [9.17, 15) is 4.39 Å². The Hall–Kier alpha value is -1.33. The van der Waals surface area contributed by atoms with E-state index in [4.69, 9.17) is 22.5 Å². The van der Waals surface area contributed by atoms with Crippen LogP contribution in [0.1, 0.15) is 18.9 Å². The highest BCUT2D eigenvalue weighted by Gasteiger charge is 2.12. The van der Waals surface area contributed by atoms with Gasteiger partial charge in [-0.1, -0.05) is 22.8 Å². The molecule has 1 aromatic rings. The van der Waals surface area contributed by atoms with Crippen LogP contribution in [0, 0.1) is 5.82 Å². The number of nitrogens with zero attached hydrogens (tertiary/aromatic N) is 2. The molecule has 0 aliphatic heterocycles. The Balaban J connectivity index is 2.63. The molecule has 3 N–H and O–H groups in total. The van der Waals surface area contributed by atoms with Crippen molar-refractivity contribution in [3.05, 3.63) is 34.6 Å². The van der Waals surface area contributed by atoms with Crippen molar-refractivity contribution in [1.82, 2.24) is 4.90 Å². The minimum Gasteiger partial charge on any atom is -0.409 e. The predicted octanol–water partition coefficient (Wildman–Crippen LogP) is 2.44. The molecule has 1 unspecified atom stereocenters. The molecular formula is C12H17ClFN3O. The Kier molecular flexibility index (Phi) is 5.37. The zero-order valence-corrected chi connectivity index (χ0v) is 11.2. The Morgan fingerprint density at radius 1 is 1.61 bits per heavy atom. The van der Waals surface area contributed by atoms with Crippen LogP contribution in [0.4, 0.5) is 4.39 Å². The van der Waals surface area contributed by atoms with Gasteiger partial charge in [-0.25, -0.2) is 4.39 Å². The fourth-order valence-corrected chi connectivity index (χ4v) is 1.70. The second-order valence-corrected chi connectivity index (χ2v) is 4.72. The maximum atomic E-state index is 13.3. The first-order valence-electron chi connectivity index (χ1n) is 5.54. The molecule has 18 heavy (non-hydrogen) atoms. The third-order valence-electron chi connectivity index (χ3n) is 2.80. The molecule has 0 aliphatic rings. The van der Waals surface area contributed by atoms with Crippen LogP contribution >= 0.6 is 11.6 Å². The average Bonchev–Trinajstić information content (AvgIpc) is 2.33. The molecule has 0 radical (unpaired) electrons. The maximum Gasteiger partial charge on any atom is 0.142 e. The Morgan fingerprint density at radius 2 is 2.28 bits per heavy atom. The highest BCUT2D eigenvalue weighted by atomic mass is 35.5. The van der Waals surface area contributed by atoms with Crippen LogP contribution in [0.25, 0.3) is 0 Å². The van der Waals surface area contributed by atoms with Gasteiger partial charge < -0.3 is 10.9 Å². The molecule has 0 bridgehead atoms. The molecule has 0 saturated carbocycles. The fraction of sp³-hybridized carbons (Fsp3) is 0.417. The first-order chi connectivity index (χ1) is 8.43. The number of hydrogen-bond acceptors (Lipinski definition) is 3. The summed E-state index contributed by atoms with van der Waals surface area (Å²) in [6.45, 7) is 2.51. The summed E-state index contributed by atoms with van der Waals surface area (Å²) in [6.07, 6.45) is 0.447. The average molecular weight is 274 g/mol. The summed E-state index contributed by atoms with van der Waals surface area (Å²) in [6, 6.07) is 4.81. The number of rotatable bonds is 5. The molecule has 0 aliphatic carbocycles. The van der Waals surface area contributed by atoms with Gasteiger partial charge in [0.15, 0.2) is 0 Å². The molecular weight excluding hydrogens is 257 g/mol. The summed E-state index contributed by atoms with van der Waals surface area (Å²) in [5.74, 6) is -0.247. The number of benzene rings is 1. The molecule has 0 aromatic heterocycles. The summed E-state index contributed by atoms with van der Waals surface area (Å²) in [4.78, 5) is 1.99. The number of halogens is 2. The molecule has 1 aromatic carbocycles. The Bertz CT molecular complexity index is 439. The molecule has 0 spiro atoms.